The molecule has 2 atom stereocenters. The van der Waals surface area contributed by atoms with Crippen molar-refractivity contribution in [3.63, 3.8) is 0 Å². The van der Waals surface area contributed by atoms with Crippen LogP contribution in [0, 0.1) is 0 Å². The topological polar surface area (TPSA) is 106 Å². The van der Waals surface area contributed by atoms with Gasteiger partial charge in [0, 0.05) is 13.1 Å². The number of morpholine rings is 1. The monoisotopic (exact) mass is 647 g/mol. The van der Waals surface area contributed by atoms with E-state index in [1.54, 1.807) is 48.6 Å². The summed E-state index contributed by atoms with van der Waals surface area (Å²) in [7, 11) is 0. The van der Waals surface area contributed by atoms with Crippen LogP contribution < -0.4 is 10.6 Å². The number of ether oxygens (including phenoxy) is 3. The molecule has 208 valence electrons. The Morgan fingerprint density at radius 2 is 1.74 bits per heavy atom. The number of halogens is 3. The first kappa shape index (κ1) is 31.5. The number of hydrogen-bond acceptors (Lipinski definition) is 7. The van der Waals surface area contributed by atoms with E-state index in [-0.39, 0.29) is 19.6 Å². The van der Waals surface area contributed by atoms with Gasteiger partial charge in [0.05, 0.1) is 26.4 Å². The van der Waals surface area contributed by atoms with E-state index in [0.29, 0.717) is 26.3 Å². The Morgan fingerprint density at radius 3 is 2.42 bits per heavy atom. The molecule has 1 aliphatic rings. The molecule has 1 aromatic carbocycles. The summed E-state index contributed by atoms with van der Waals surface area (Å²) in [6.45, 7) is -1.96. The summed E-state index contributed by atoms with van der Waals surface area (Å²) < 4.78 is 42.2. The number of alkyl halides is 2. The number of benzene rings is 1. The number of amides is 2. The van der Waals surface area contributed by atoms with Gasteiger partial charge in [-0.2, -0.15) is 8.78 Å². The zero-order valence-corrected chi connectivity index (χ0v) is 22.9. The molecule has 1 aliphatic heterocycles. The molecule has 1 fully saturated rings. The van der Waals surface area contributed by atoms with Gasteiger partial charge in [0.15, 0.2) is 0 Å². The molecule has 2 rings (SSSR count). The molecule has 0 aliphatic carbocycles. The van der Waals surface area contributed by atoms with Crippen molar-refractivity contribution in [3.8, 4) is 0 Å². The van der Waals surface area contributed by atoms with Gasteiger partial charge in [-0.15, -0.1) is 0 Å². The third-order valence-electron chi connectivity index (χ3n) is 5.25. The van der Waals surface area contributed by atoms with Crippen molar-refractivity contribution in [3.05, 3.63) is 70.4 Å². The highest BCUT2D eigenvalue weighted by molar-refractivity contribution is 14.1. The lowest BCUT2D eigenvalue weighted by Gasteiger charge is -2.27. The van der Waals surface area contributed by atoms with Crippen LogP contribution in [-0.4, -0.2) is 80.8 Å². The number of rotatable bonds is 15. The van der Waals surface area contributed by atoms with E-state index in [0.717, 1.165) is 5.56 Å². The minimum atomic E-state index is -3.14. The van der Waals surface area contributed by atoms with Crippen LogP contribution in [0.25, 0.3) is 0 Å². The molecule has 9 nitrogen and oxygen atoms in total. The Kier molecular flexibility index (Phi) is 15.4. The second kappa shape index (κ2) is 18.6. The first-order valence-electron chi connectivity index (χ1n) is 12.0. The smallest absolute Gasteiger partial charge is 0.345 e. The molecule has 0 spiro atoms. The average molecular weight is 647 g/mol. The Morgan fingerprint density at radius 1 is 1.03 bits per heavy atom. The molecule has 0 saturated carbocycles. The molecule has 0 unspecified atom stereocenters. The van der Waals surface area contributed by atoms with Crippen LogP contribution in [0.2, 0.25) is 0 Å². The van der Waals surface area contributed by atoms with Gasteiger partial charge in [0.25, 0.3) is 0 Å². The van der Waals surface area contributed by atoms with Crippen LogP contribution >= 0.6 is 22.6 Å². The molecule has 1 aromatic rings. The third kappa shape index (κ3) is 13.2. The van der Waals surface area contributed by atoms with Gasteiger partial charge in [-0.25, -0.2) is 4.79 Å². The van der Waals surface area contributed by atoms with Crippen molar-refractivity contribution in [1.29, 1.82) is 0 Å². The Labute approximate surface area is 234 Å². The van der Waals surface area contributed by atoms with Crippen LogP contribution in [-0.2, 0) is 35.2 Å². The third-order valence-corrected chi connectivity index (χ3v) is 5.67. The van der Waals surface area contributed by atoms with Crippen LogP contribution in [0.15, 0.2) is 64.8 Å². The molecular formula is C26H32F2IN3O6. The van der Waals surface area contributed by atoms with Crippen molar-refractivity contribution < 1.29 is 37.4 Å². The zero-order valence-electron chi connectivity index (χ0n) is 20.8. The largest absolute Gasteiger partial charge is 0.459 e. The number of nitrogens with zero attached hydrogens (tertiary/aromatic N) is 1. The summed E-state index contributed by atoms with van der Waals surface area (Å²) in [6, 6.07) is 6.43. The molecule has 2 amide bonds. The van der Waals surface area contributed by atoms with E-state index in [2.05, 4.69) is 38.0 Å². The van der Waals surface area contributed by atoms with Gasteiger partial charge in [-0.3, -0.25) is 14.5 Å². The van der Waals surface area contributed by atoms with E-state index in [4.69, 9.17) is 9.47 Å². The summed E-state index contributed by atoms with van der Waals surface area (Å²) >= 11 is 2.07. The second-order valence-electron chi connectivity index (χ2n) is 8.12. The van der Waals surface area contributed by atoms with E-state index in [1.165, 1.54) is 0 Å². The number of hydrogen-bond donors (Lipinski definition) is 2. The van der Waals surface area contributed by atoms with Crippen LogP contribution in [0.4, 0.5) is 8.78 Å². The van der Waals surface area contributed by atoms with Crippen LogP contribution in [0.1, 0.15) is 12.0 Å². The van der Waals surface area contributed by atoms with Gasteiger partial charge in [0.2, 0.25) is 11.8 Å². The Hall–Kier alpha value is -2.68. The van der Waals surface area contributed by atoms with Crippen LogP contribution in [0.3, 0.4) is 0 Å². The van der Waals surface area contributed by atoms with E-state index < -0.39 is 43.1 Å². The summed E-state index contributed by atoms with van der Waals surface area (Å²) in [5, 5.41) is 4.94. The molecule has 0 aromatic heterocycles. The van der Waals surface area contributed by atoms with Crippen molar-refractivity contribution in [2.45, 2.75) is 31.7 Å². The highest BCUT2D eigenvalue weighted by Crippen LogP contribution is 2.06. The van der Waals surface area contributed by atoms with Crippen molar-refractivity contribution in [2.24, 2.45) is 0 Å². The first-order chi connectivity index (χ1) is 18.4. The fraction of sp³-hybridized carbons (Fsp3) is 0.423. The molecule has 38 heavy (non-hydrogen) atoms. The summed E-state index contributed by atoms with van der Waals surface area (Å²) in [5.74, 6) is -2.10. The van der Waals surface area contributed by atoms with Crippen LogP contribution in [0.5, 0.6) is 0 Å². The predicted molar refractivity (Wildman–Crippen MR) is 145 cm³/mol. The quantitative estimate of drug-likeness (QED) is 0.172. The SMILES string of the molecule is O=C(CN1CCOCC1)N[C@@H](COC(F)F)C(=O)N[C@@H](C/C=C/C=C\C=C/I)C(=O)OCc1ccccc1. The summed E-state index contributed by atoms with van der Waals surface area (Å²) in [4.78, 5) is 40.2. The molecule has 12 heteroatoms. The molecule has 0 bridgehead atoms. The highest BCUT2D eigenvalue weighted by Gasteiger charge is 2.29. The molecular weight excluding hydrogens is 615 g/mol. The Bertz CT molecular complexity index is 956. The maximum atomic E-state index is 13.0. The van der Waals surface area contributed by atoms with Gasteiger partial charge in [-0.05, 0) is 16.1 Å². The minimum Gasteiger partial charge on any atom is -0.459 e. The maximum absolute atomic E-state index is 13.0. The number of carbonyl (C=O) groups is 3. The van der Waals surface area contributed by atoms with Crippen molar-refractivity contribution in [1.82, 2.24) is 15.5 Å². The van der Waals surface area contributed by atoms with Crippen molar-refractivity contribution >= 4 is 40.4 Å². The summed E-state index contributed by atoms with van der Waals surface area (Å²) in [6.07, 6.45) is 8.77. The second-order valence-corrected chi connectivity index (χ2v) is 8.84. The zero-order chi connectivity index (χ0) is 27.6. The van der Waals surface area contributed by atoms with Gasteiger partial charge in [0.1, 0.15) is 18.7 Å². The molecule has 2 N–H and O–H groups in total. The number of carbonyl (C=O) groups excluding carboxylic acids is 3. The van der Waals surface area contributed by atoms with Crippen molar-refractivity contribution in [2.75, 3.05) is 39.5 Å². The molecule has 1 saturated heterocycles. The average Bonchev–Trinajstić information content (AvgIpc) is 2.91. The van der Waals surface area contributed by atoms with Gasteiger partial charge < -0.3 is 24.8 Å². The van der Waals surface area contributed by atoms with E-state index in [9.17, 15) is 23.2 Å². The van der Waals surface area contributed by atoms with Gasteiger partial charge >= 0.3 is 12.6 Å². The normalized spacial score (nSPS) is 16.2. The lowest BCUT2D eigenvalue weighted by atomic mass is 10.1. The molecule has 1 heterocycles. The standard InChI is InChI=1S/C26H32F2IN3O6/c27-26(28)38-19-22(30-23(33)17-32-13-15-36-16-14-32)24(34)31-21(11-7-2-1-3-8-12-29)25(35)37-18-20-9-5-4-6-10-20/h1-10,12,21-22,26H,11,13-19H2,(H,30,33)(H,31,34)/b3-1-,7-2+,12-8-/t21-,22-/m0/s1. The fourth-order valence-corrected chi connectivity index (χ4v) is 3.57. The number of nitrogens with one attached hydrogen (secondary N) is 2. The lowest BCUT2D eigenvalue weighted by molar-refractivity contribution is -0.153. The Balaban J connectivity index is 2.07. The fourth-order valence-electron chi connectivity index (χ4n) is 3.33. The van der Waals surface area contributed by atoms with Gasteiger partial charge in [-0.1, -0.05) is 83.3 Å². The lowest BCUT2D eigenvalue weighted by Crippen LogP contribution is -2.55. The number of esters is 1. The van der Waals surface area contributed by atoms with E-state index in [1.807, 2.05) is 21.1 Å². The maximum Gasteiger partial charge on any atom is 0.345 e. The minimum absolute atomic E-state index is 0.00960. The number of allylic oxidation sites excluding steroid dienone is 4. The highest BCUT2D eigenvalue weighted by atomic mass is 127. The van der Waals surface area contributed by atoms with E-state index >= 15 is 0 Å². The first-order valence-corrected chi connectivity index (χ1v) is 13.2. The molecule has 0 radical (unpaired) electrons. The summed E-state index contributed by atoms with van der Waals surface area (Å²) in [5.41, 5.74) is 0.758. The predicted octanol–water partition coefficient (Wildman–Crippen LogP) is 2.72.